The first-order valence-corrected chi connectivity index (χ1v) is 26.7. The number of aliphatic hydroxyl groups excluding tert-OH is 3. The Balaban J connectivity index is -0.000000381. The van der Waals surface area contributed by atoms with Crippen molar-refractivity contribution in [1.29, 1.82) is 0 Å². The summed E-state index contributed by atoms with van der Waals surface area (Å²) in [6.45, 7) is 6.06. The number of hydrogen-bond acceptors (Lipinski definition) is 6. The third kappa shape index (κ3) is 78.7. The summed E-state index contributed by atoms with van der Waals surface area (Å²) in [6, 6.07) is 0. The summed E-state index contributed by atoms with van der Waals surface area (Å²) in [6.07, 6.45) is 53.8. The van der Waals surface area contributed by atoms with E-state index in [9.17, 15) is 14.4 Å². The van der Waals surface area contributed by atoms with E-state index in [0.717, 1.165) is 38.5 Å². The van der Waals surface area contributed by atoms with Crippen LogP contribution < -0.4 is 0 Å². The molecule has 0 spiro atoms. The zero-order valence-electron chi connectivity index (χ0n) is 41.5. The molecule has 0 aliphatic carbocycles. The molecule has 0 radical (unpaired) electrons. The molecule has 0 amide bonds. The summed E-state index contributed by atoms with van der Waals surface area (Å²) in [7, 11) is 0. The van der Waals surface area contributed by atoms with Crippen LogP contribution in [0, 0.1) is 0 Å². The molecule has 0 bridgehead atoms. The summed E-state index contributed by atoms with van der Waals surface area (Å²) >= 11 is 0. The molecule has 0 heterocycles. The number of hydrogen-bond donors (Lipinski definition) is 6. The molecule has 0 aliphatic rings. The molecule has 0 aliphatic heterocycles. The monoisotopic (exact) mass is 889 g/mol. The Labute approximate surface area is 384 Å². The van der Waals surface area contributed by atoms with E-state index in [0.29, 0.717) is 19.3 Å². The first kappa shape index (κ1) is 66.9. The van der Waals surface area contributed by atoms with Crippen LogP contribution in [0.1, 0.15) is 303 Å². The van der Waals surface area contributed by atoms with Gasteiger partial charge in [-0.05, 0) is 19.3 Å². The van der Waals surface area contributed by atoms with Gasteiger partial charge >= 0.3 is 17.9 Å². The van der Waals surface area contributed by atoms with Gasteiger partial charge in [-0.15, -0.1) is 0 Å². The number of unbranched alkanes of at least 4 members (excludes halogenated alkanes) is 38. The van der Waals surface area contributed by atoms with E-state index >= 15 is 0 Å². The molecule has 0 rings (SSSR count). The van der Waals surface area contributed by atoms with Crippen molar-refractivity contribution >= 4 is 17.9 Å². The smallest absolute Gasteiger partial charge is 0.303 e. The summed E-state index contributed by atoms with van der Waals surface area (Å²) in [5.41, 5.74) is 0. The van der Waals surface area contributed by atoms with Gasteiger partial charge in [-0.3, -0.25) is 14.4 Å². The molecule has 6 N–H and O–H groups in total. The van der Waals surface area contributed by atoms with E-state index in [1.54, 1.807) is 0 Å². The molecular weight excluding hydrogens is 781 g/mol. The molecule has 0 aromatic rings. The van der Waals surface area contributed by atoms with E-state index in [1.165, 1.54) is 225 Å². The van der Waals surface area contributed by atoms with Gasteiger partial charge in [0.15, 0.2) is 0 Å². The Morgan fingerprint density at radius 3 is 0.500 bits per heavy atom. The van der Waals surface area contributed by atoms with E-state index in [2.05, 4.69) is 20.8 Å². The minimum Gasteiger partial charge on any atom is -0.481 e. The van der Waals surface area contributed by atoms with E-state index in [1.807, 2.05) is 0 Å². The second-order valence-electron chi connectivity index (χ2n) is 17.9. The van der Waals surface area contributed by atoms with Crippen LogP contribution in [0.3, 0.4) is 0 Å². The fourth-order valence-corrected chi connectivity index (χ4v) is 7.29. The molecule has 62 heavy (non-hydrogen) atoms. The number of aliphatic carboxylic acids is 3. The van der Waals surface area contributed by atoms with Crippen LogP contribution in [0.25, 0.3) is 0 Å². The third-order valence-corrected chi connectivity index (χ3v) is 11.4. The average Bonchev–Trinajstić information content (AvgIpc) is 3.25. The maximum atomic E-state index is 10.3. The highest BCUT2D eigenvalue weighted by Crippen LogP contribution is 2.16. The number of aliphatic hydroxyl groups is 3. The number of rotatable bonds is 46. The van der Waals surface area contributed by atoms with Gasteiger partial charge in [0.05, 0.1) is 13.2 Å². The van der Waals surface area contributed by atoms with Crippen molar-refractivity contribution in [2.75, 3.05) is 13.2 Å². The molecule has 0 aromatic heterocycles. The second-order valence-corrected chi connectivity index (χ2v) is 17.9. The minimum absolute atomic E-state index is 0.345. The van der Waals surface area contributed by atoms with Gasteiger partial charge in [0.25, 0.3) is 0 Å². The SMILES string of the molecule is CCCCCCCCCCCCCCCC(=O)O.CCCCCCCCCCCCCCCC(=O)O.CCCCCCCCCCCCCCCCCC(=O)O.OCC(O)CO. The van der Waals surface area contributed by atoms with Gasteiger partial charge < -0.3 is 30.6 Å². The lowest BCUT2D eigenvalue weighted by atomic mass is 10.0. The summed E-state index contributed by atoms with van der Waals surface area (Å²) in [5, 5.41) is 49.5. The normalized spacial score (nSPS) is 10.7. The summed E-state index contributed by atoms with van der Waals surface area (Å²) in [4.78, 5) is 30.9. The van der Waals surface area contributed by atoms with Crippen molar-refractivity contribution in [2.45, 2.75) is 309 Å². The number of carboxylic acids is 3. The van der Waals surface area contributed by atoms with Gasteiger partial charge in [-0.1, -0.05) is 265 Å². The second kappa shape index (κ2) is 63.6. The molecule has 0 aromatic carbocycles. The molecule has 9 nitrogen and oxygen atoms in total. The number of carboxylic acid groups (broad SMARTS) is 3. The largest absolute Gasteiger partial charge is 0.481 e. The zero-order chi connectivity index (χ0) is 46.8. The Bertz CT molecular complexity index is 794. The highest BCUT2D eigenvalue weighted by atomic mass is 16.4. The van der Waals surface area contributed by atoms with Crippen LogP contribution >= 0.6 is 0 Å². The molecule has 374 valence electrons. The van der Waals surface area contributed by atoms with Crippen LogP contribution in [0.15, 0.2) is 0 Å². The van der Waals surface area contributed by atoms with E-state index in [4.69, 9.17) is 30.6 Å². The maximum absolute atomic E-state index is 10.3. The third-order valence-electron chi connectivity index (χ3n) is 11.4. The first-order chi connectivity index (χ1) is 30.1. The molecule has 0 saturated heterocycles. The first-order valence-electron chi connectivity index (χ1n) is 26.7. The lowest BCUT2D eigenvalue weighted by Crippen LogP contribution is -2.15. The topological polar surface area (TPSA) is 173 Å². The lowest BCUT2D eigenvalue weighted by molar-refractivity contribution is -0.138. The predicted octanol–water partition coefficient (Wildman–Crippen LogP) is 15.8. The summed E-state index contributed by atoms with van der Waals surface area (Å²) < 4.78 is 0. The van der Waals surface area contributed by atoms with Crippen molar-refractivity contribution in [3.8, 4) is 0 Å². The Morgan fingerprint density at radius 1 is 0.274 bits per heavy atom. The van der Waals surface area contributed by atoms with Gasteiger partial charge in [-0.25, -0.2) is 0 Å². The summed E-state index contributed by atoms with van der Waals surface area (Å²) in [5.74, 6) is -1.96. The Hall–Kier alpha value is -1.71. The molecule has 9 heteroatoms. The molecular formula is C53H108O9. The van der Waals surface area contributed by atoms with Crippen LogP contribution in [-0.2, 0) is 14.4 Å². The predicted molar refractivity (Wildman–Crippen MR) is 263 cm³/mol. The van der Waals surface area contributed by atoms with Gasteiger partial charge in [0, 0.05) is 19.3 Å². The quantitative estimate of drug-likeness (QED) is 0.0325. The number of carbonyl (C=O) groups is 3. The van der Waals surface area contributed by atoms with Crippen molar-refractivity contribution in [1.82, 2.24) is 0 Å². The van der Waals surface area contributed by atoms with Gasteiger partial charge in [0.1, 0.15) is 6.10 Å². The fraction of sp³-hybridized carbons (Fsp3) is 0.943. The fourth-order valence-electron chi connectivity index (χ4n) is 7.29. The Morgan fingerprint density at radius 2 is 0.403 bits per heavy atom. The zero-order valence-corrected chi connectivity index (χ0v) is 41.5. The Kier molecular flexibility index (Phi) is 68.6. The van der Waals surface area contributed by atoms with Gasteiger partial charge in [0.2, 0.25) is 0 Å². The van der Waals surface area contributed by atoms with E-state index < -0.39 is 24.0 Å². The van der Waals surface area contributed by atoms with Crippen LogP contribution in [0.2, 0.25) is 0 Å². The highest BCUT2D eigenvalue weighted by Gasteiger charge is 2.00. The average molecular weight is 889 g/mol. The molecule has 0 saturated carbocycles. The van der Waals surface area contributed by atoms with Crippen molar-refractivity contribution in [2.24, 2.45) is 0 Å². The minimum atomic E-state index is -0.954. The van der Waals surface area contributed by atoms with Crippen LogP contribution in [0.4, 0.5) is 0 Å². The van der Waals surface area contributed by atoms with Crippen molar-refractivity contribution in [3.63, 3.8) is 0 Å². The standard InChI is InChI=1S/C18H36O2.2C16H32O2.C3H8O3/c1-2-3-4-5-6-7-8-9-10-11-12-13-14-15-16-17-18(19)20;2*1-2-3-4-5-6-7-8-9-10-11-12-13-14-15-16(17)18;4-1-3(6)2-5/h2-17H2,1H3,(H,19,20);2*2-15H2,1H3,(H,17,18);3-6H,1-2H2. The maximum Gasteiger partial charge on any atom is 0.303 e. The van der Waals surface area contributed by atoms with Gasteiger partial charge in [-0.2, -0.15) is 0 Å². The lowest BCUT2D eigenvalue weighted by Gasteiger charge is -2.03. The molecule has 0 atom stereocenters. The van der Waals surface area contributed by atoms with Crippen LogP contribution in [0.5, 0.6) is 0 Å². The van der Waals surface area contributed by atoms with Crippen LogP contribution in [-0.4, -0.2) is 67.9 Å². The highest BCUT2D eigenvalue weighted by molar-refractivity contribution is 5.67. The van der Waals surface area contributed by atoms with Crippen molar-refractivity contribution in [3.05, 3.63) is 0 Å². The van der Waals surface area contributed by atoms with E-state index in [-0.39, 0.29) is 13.2 Å². The van der Waals surface area contributed by atoms with Crippen molar-refractivity contribution < 1.29 is 45.0 Å². The molecule has 0 unspecified atom stereocenters. The molecule has 0 fully saturated rings.